The summed E-state index contributed by atoms with van der Waals surface area (Å²) in [6.45, 7) is 6.21. The highest BCUT2D eigenvalue weighted by Gasteiger charge is 2.18. The molecule has 0 aliphatic rings. The number of fused-ring (bicyclic) bond motifs is 3. The molecular formula is C20H19N5O3. The molecule has 0 saturated heterocycles. The molecule has 8 nitrogen and oxygen atoms in total. The summed E-state index contributed by atoms with van der Waals surface area (Å²) in [4.78, 5) is 25.0. The lowest BCUT2D eigenvalue weighted by Crippen LogP contribution is -2.20. The summed E-state index contributed by atoms with van der Waals surface area (Å²) in [5.74, 6) is -0.111. The quantitative estimate of drug-likeness (QED) is 0.508. The second kappa shape index (κ2) is 6.88. The van der Waals surface area contributed by atoms with Gasteiger partial charge in [-0.2, -0.15) is 5.10 Å². The second-order valence-electron chi connectivity index (χ2n) is 6.69. The van der Waals surface area contributed by atoms with Crippen molar-refractivity contribution in [3.05, 3.63) is 64.2 Å². The van der Waals surface area contributed by atoms with Gasteiger partial charge in [0.15, 0.2) is 11.2 Å². The van der Waals surface area contributed by atoms with Crippen molar-refractivity contribution in [3.63, 3.8) is 0 Å². The molecule has 28 heavy (non-hydrogen) atoms. The molecule has 0 aliphatic heterocycles. The number of ether oxygens (including phenoxy) is 1. The van der Waals surface area contributed by atoms with E-state index in [1.165, 1.54) is 20.8 Å². The Morgan fingerprint density at radius 3 is 2.57 bits per heavy atom. The number of carbonyl (C=O) groups is 1. The molecule has 4 aromatic rings. The van der Waals surface area contributed by atoms with Crippen LogP contribution in [0.1, 0.15) is 42.6 Å². The average molecular weight is 377 g/mol. The minimum atomic E-state index is -0.523. The Balaban J connectivity index is 1.85. The summed E-state index contributed by atoms with van der Waals surface area (Å²) in [5, 5.41) is 12.3. The van der Waals surface area contributed by atoms with Crippen LogP contribution in [0.15, 0.2) is 47.5 Å². The largest absolute Gasteiger partial charge is 0.462 e. The van der Waals surface area contributed by atoms with Gasteiger partial charge in [-0.1, -0.05) is 26.0 Å². The molecule has 0 spiro atoms. The van der Waals surface area contributed by atoms with Crippen molar-refractivity contribution >= 4 is 22.6 Å². The van der Waals surface area contributed by atoms with E-state index in [2.05, 4.69) is 29.1 Å². The van der Waals surface area contributed by atoms with Crippen molar-refractivity contribution in [2.45, 2.75) is 26.7 Å². The number of nitrogens with zero attached hydrogens (tertiary/aromatic N) is 5. The Hall–Kier alpha value is -3.55. The van der Waals surface area contributed by atoms with Crippen LogP contribution in [-0.4, -0.2) is 37.0 Å². The monoisotopic (exact) mass is 377 g/mol. The molecule has 0 N–H and O–H groups in total. The zero-order valence-electron chi connectivity index (χ0n) is 15.8. The highest BCUT2D eigenvalue weighted by Crippen LogP contribution is 2.18. The molecule has 8 heteroatoms. The number of pyridine rings is 1. The summed E-state index contributed by atoms with van der Waals surface area (Å²) in [6, 6.07) is 9.55. The molecule has 0 aliphatic carbocycles. The SMILES string of the molecule is CCOC(=O)c1cnn2c1nnc1c(=O)n(-c3ccc(C(C)C)cc3)ccc12. The summed E-state index contributed by atoms with van der Waals surface area (Å²) < 4.78 is 7.96. The van der Waals surface area contributed by atoms with Crippen LogP contribution in [0.25, 0.3) is 22.4 Å². The first-order valence-corrected chi connectivity index (χ1v) is 9.04. The molecule has 3 heterocycles. The second-order valence-corrected chi connectivity index (χ2v) is 6.69. The van der Waals surface area contributed by atoms with Crippen LogP contribution in [0.4, 0.5) is 0 Å². The standard InChI is InChI=1S/C20H19N5O3/c1-4-28-20(27)15-11-21-25-16-9-10-24(19(26)17(16)22-23-18(15)25)14-7-5-13(6-8-14)12(2)3/h5-12H,4H2,1-3H3. The van der Waals surface area contributed by atoms with E-state index in [4.69, 9.17) is 4.74 Å². The zero-order chi connectivity index (χ0) is 19.8. The Bertz CT molecular complexity index is 1240. The van der Waals surface area contributed by atoms with Gasteiger partial charge < -0.3 is 4.74 Å². The molecule has 0 fully saturated rings. The van der Waals surface area contributed by atoms with Gasteiger partial charge in [0.05, 0.1) is 12.8 Å². The first-order valence-electron chi connectivity index (χ1n) is 9.04. The summed E-state index contributed by atoms with van der Waals surface area (Å²) in [7, 11) is 0. The average Bonchev–Trinajstić information content (AvgIpc) is 3.13. The van der Waals surface area contributed by atoms with Gasteiger partial charge in [-0.05, 0) is 36.6 Å². The number of carbonyl (C=O) groups excluding carboxylic acids is 1. The van der Waals surface area contributed by atoms with Crippen molar-refractivity contribution in [3.8, 4) is 5.69 Å². The number of aromatic nitrogens is 5. The number of hydrogen-bond donors (Lipinski definition) is 0. The lowest BCUT2D eigenvalue weighted by atomic mass is 10.0. The fraction of sp³-hybridized carbons (Fsp3) is 0.250. The van der Waals surface area contributed by atoms with Gasteiger partial charge in [0, 0.05) is 11.9 Å². The summed E-state index contributed by atoms with van der Waals surface area (Å²) in [6.07, 6.45) is 3.04. The third-order valence-corrected chi connectivity index (χ3v) is 4.60. The highest BCUT2D eigenvalue weighted by molar-refractivity contribution is 5.96. The Morgan fingerprint density at radius 2 is 1.89 bits per heavy atom. The molecule has 0 amide bonds. The third-order valence-electron chi connectivity index (χ3n) is 4.60. The number of hydrogen-bond acceptors (Lipinski definition) is 6. The van der Waals surface area contributed by atoms with Crippen LogP contribution in [0.5, 0.6) is 0 Å². The van der Waals surface area contributed by atoms with Crippen LogP contribution in [0.3, 0.4) is 0 Å². The Labute approximate surface area is 160 Å². The fourth-order valence-corrected chi connectivity index (χ4v) is 3.07. The lowest BCUT2D eigenvalue weighted by Gasteiger charge is -2.10. The number of benzene rings is 1. The molecule has 0 atom stereocenters. The van der Waals surface area contributed by atoms with E-state index < -0.39 is 5.97 Å². The van der Waals surface area contributed by atoms with Gasteiger partial charge >= 0.3 is 5.97 Å². The smallest absolute Gasteiger partial charge is 0.343 e. The van der Waals surface area contributed by atoms with Gasteiger partial charge in [0.25, 0.3) is 5.56 Å². The molecule has 0 bridgehead atoms. The lowest BCUT2D eigenvalue weighted by molar-refractivity contribution is 0.0528. The molecule has 142 valence electrons. The van der Waals surface area contributed by atoms with Crippen LogP contribution in [0, 0.1) is 0 Å². The molecule has 3 aromatic heterocycles. The van der Waals surface area contributed by atoms with E-state index in [0.29, 0.717) is 11.4 Å². The summed E-state index contributed by atoms with van der Waals surface area (Å²) in [5.41, 5.74) is 2.74. The van der Waals surface area contributed by atoms with Crippen LogP contribution in [-0.2, 0) is 4.74 Å². The van der Waals surface area contributed by atoms with Crippen molar-refractivity contribution in [2.24, 2.45) is 0 Å². The molecular weight excluding hydrogens is 358 g/mol. The van der Waals surface area contributed by atoms with E-state index in [9.17, 15) is 9.59 Å². The third kappa shape index (κ3) is 2.83. The van der Waals surface area contributed by atoms with Crippen LogP contribution >= 0.6 is 0 Å². The van der Waals surface area contributed by atoms with Crippen LogP contribution < -0.4 is 5.56 Å². The van der Waals surface area contributed by atoms with Gasteiger partial charge in [-0.3, -0.25) is 9.36 Å². The van der Waals surface area contributed by atoms with E-state index in [0.717, 1.165) is 5.69 Å². The first kappa shape index (κ1) is 17.8. The predicted molar refractivity (Wildman–Crippen MR) is 104 cm³/mol. The van der Waals surface area contributed by atoms with Crippen molar-refractivity contribution < 1.29 is 9.53 Å². The van der Waals surface area contributed by atoms with Gasteiger partial charge in [0.2, 0.25) is 0 Å². The maximum Gasteiger partial charge on any atom is 0.343 e. The van der Waals surface area contributed by atoms with E-state index in [1.807, 2.05) is 24.3 Å². The normalized spacial score (nSPS) is 11.4. The van der Waals surface area contributed by atoms with Crippen molar-refractivity contribution in [2.75, 3.05) is 6.61 Å². The molecule has 0 unspecified atom stereocenters. The number of esters is 1. The minimum Gasteiger partial charge on any atom is -0.462 e. The highest BCUT2D eigenvalue weighted by atomic mass is 16.5. The maximum absolute atomic E-state index is 13.0. The Kier molecular flexibility index (Phi) is 4.38. The topological polar surface area (TPSA) is 91.4 Å². The fourth-order valence-electron chi connectivity index (χ4n) is 3.07. The van der Waals surface area contributed by atoms with Crippen LogP contribution in [0.2, 0.25) is 0 Å². The Morgan fingerprint density at radius 1 is 1.14 bits per heavy atom. The van der Waals surface area contributed by atoms with Gasteiger partial charge in [-0.25, -0.2) is 9.31 Å². The molecule has 0 saturated carbocycles. The van der Waals surface area contributed by atoms with E-state index >= 15 is 0 Å². The van der Waals surface area contributed by atoms with Gasteiger partial charge in [0.1, 0.15) is 11.1 Å². The van der Waals surface area contributed by atoms with E-state index in [-0.39, 0.29) is 28.9 Å². The van der Waals surface area contributed by atoms with Gasteiger partial charge in [-0.15, -0.1) is 10.2 Å². The summed E-state index contributed by atoms with van der Waals surface area (Å²) >= 11 is 0. The minimum absolute atomic E-state index is 0.168. The first-order chi connectivity index (χ1) is 13.5. The molecule has 4 rings (SSSR count). The molecule has 0 radical (unpaired) electrons. The van der Waals surface area contributed by atoms with Crippen molar-refractivity contribution in [1.82, 2.24) is 24.4 Å². The van der Waals surface area contributed by atoms with Crippen molar-refractivity contribution in [1.29, 1.82) is 0 Å². The number of rotatable bonds is 4. The van der Waals surface area contributed by atoms with E-state index in [1.54, 1.807) is 19.2 Å². The molecule has 1 aromatic carbocycles. The zero-order valence-corrected chi connectivity index (χ0v) is 15.8. The maximum atomic E-state index is 13.0. The predicted octanol–water partition coefficient (Wildman–Crippen LogP) is 2.73.